The minimum Gasteiger partial charge on any atom is -0.369 e. The third kappa shape index (κ3) is 5.48. The van der Waals surface area contributed by atoms with Crippen LogP contribution in [0.25, 0.3) is 0 Å². The molecule has 80 valence electrons. The highest BCUT2D eigenvalue weighted by Crippen LogP contribution is 1.99. The van der Waals surface area contributed by atoms with E-state index in [0.29, 0.717) is 6.54 Å². The lowest BCUT2D eigenvalue weighted by Gasteiger charge is -2.02. The van der Waals surface area contributed by atoms with Gasteiger partial charge in [-0.2, -0.15) is 5.10 Å². The summed E-state index contributed by atoms with van der Waals surface area (Å²) in [6.07, 6.45) is 0.954. The van der Waals surface area contributed by atoms with Gasteiger partial charge in [0.2, 0.25) is 0 Å². The van der Waals surface area contributed by atoms with Crippen LogP contribution in [0.15, 0.2) is 12.1 Å². The van der Waals surface area contributed by atoms with Crippen molar-refractivity contribution < 1.29 is 0 Å². The maximum absolute atomic E-state index is 5.34. The first-order valence-corrected chi connectivity index (χ1v) is 5.07. The van der Waals surface area contributed by atoms with E-state index in [1.165, 1.54) is 0 Å². The summed E-state index contributed by atoms with van der Waals surface area (Å²) in [4.78, 5) is 0. The quantitative estimate of drug-likeness (QED) is 0.717. The number of aryl methyl sites for hydroxylation is 1. The Labute approximate surface area is 85.9 Å². The van der Waals surface area contributed by atoms with Crippen LogP contribution in [0.1, 0.15) is 26.0 Å². The highest BCUT2D eigenvalue weighted by molar-refractivity contribution is 5.32. The molecule has 0 fully saturated rings. The predicted molar refractivity (Wildman–Crippen MR) is 60.3 cm³/mol. The highest BCUT2D eigenvalue weighted by atomic mass is 15.2. The second-order valence-electron chi connectivity index (χ2n) is 2.63. The van der Waals surface area contributed by atoms with Crippen molar-refractivity contribution in [2.45, 2.75) is 27.2 Å². The van der Waals surface area contributed by atoms with E-state index in [-0.39, 0.29) is 0 Å². The molecule has 4 nitrogen and oxygen atoms in total. The Hall–Kier alpha value is -1.16. The van der Waals surface area contributed by atoms with Crippen LogP contribution in [0.4, 0.5) is 5.82 Å². The molecule has 0 aliphatic heterocycles. The lowest BCUT2D eigenvalue weighted by atomic mass is 10.4. The fourth-order valence-corrected chi connectivity index (χ4v) is 0.812. The summed E-state index contributed by atoms with van der Waals surface area (Å²) < 4.78 is 0. The molecule has 0 unspecified atom stereocenters. The topological polar surface area (TPSA) is 63.8 Å². The van der Waals surface area contributed by atoms with E-state index in [0.717, 1.165) is 24.5 Å². The fourth-order valence-electron chi connectivity index (χ4n) is 0.812. The van der Waals surface area contributed by atoms with Gasteiger partial charge in [-0.05, 0) is 32.0 Å². The lowest BCUT2D eigenvalue weighted by Crippen LogP contribution is -2.09. The normalized spacial score (nSPS) is 8.86. The molecule has 1 heterocycles. The van der Waals surface area contributed by atoms with Gasteiger partial charge < -0.3 is 11.1 Å². The molecule has 0 spiro atoms. The minimum atomic E-state index is 0.701. The predicted octanol–water partition coefficient (Wildman–Crippen LogP) is 1.57. The van der Waals surface area contributed by atoms with Crippen LogP contribution in [0, 0.1) is 6.92 Å². The zero-order valence-corrected chi connectivity index (χ0v) is 9.25. The molecule has 3 N–H and O–H groups in total. The summed E-state index contributed by atoms with van der Waals surface area (Å²) in [7, 11) is 0. The van der Waals surface area contributed by atoms with Gasteiger partial charge in [0.25, 0.3) is 0 Å². The molecule has 0 bridgehead atoms. The first kappa shape index (κ1) is 12.8. The summed E-state index contributed by atoms with van der Waals surface area (Å²) in [6.45, 7) is 7.47. The van der Waals surface area contributed by atoms with Crippen LogP contribution in [-0.2, 0) is 0 Å². The van der Waals surface area contributed by atoms with Crippen molar-refractivity contribution in [1.29, 1.82) is 0 Å². The number of hydrogen-bond donors (Lipinski definition) is 2. The standard InChI is InChI=1S/C8H14N4.C2H6/c1-7-3-4-8(12-11-7)10-6-2-5-9;1-2/h3-4H,2,5-6,9H2,1H3,(H,10,12);1-2H3. The first-order chi connectivity index (χ1) is 6.83. The van der Waals surface area contributed by atoms with Crippen molar-refractivity contribution in [2.24, 2.45) is 5.73 Å². The molecular weight excluding hydrogens is 176 g/mol. The average molecular weight is 196 g/mol. The van der Waals surface area contributed by atoms with Gasteiger partial charge in [0, 0.05) is 6.54 Å². The summed E-state index contributed by atoms with van der Waals surface area (Å²) >= 11 is 0. The molecule has 0 atom stereocenters. The van der Waals surface area contributed by atoms with E-state index >= 15 is 0 Å². The molecule has 14 heavy (non-hydrogen) atoms. The van der Waals surface area contributed by atoms with E-state index in [9.17, 15) is 0 Å². The number of nitrogens with one attached hydrogen (secondary N) is 1. The van der Waals surface area contributed by atoms with Crippen molar-refractivity contribution >= 4 is 5.82 Å². The van der Waals surface area contributed by atoms with Crippen LogP contribution in [-0.4, -0.2) is 23.3 Å². The second kappa shape index (κ2) is 8.44. The van der Waals surface area contributed by atoms with Crippen LogP contribution in [0.5, 0.6) is 0 Å². The maximum atomic E-state index is 5.34. The highest BCUT2D eigenvalue weighted by Gasteiger charge is 1.91. The SMILES string of the molecule is CC.Cc1ccc(NCCCN)nn1. The smallest absolute Gasteiger partial charge is 0.148 e. The van der Waals surface area contributed by atoms with Crippen LogP contribution in [0.2, 0.25) is 0 Å². The lowest BCUT2D eigenvalue weighted by molar-refractivity contribution is 0.861. The first-order valence-electron chi connectivity index (χ1n) is 5.07. The number of aromatic nitrogens is 2. The molecule has 4 heteroatoms. The number of hydrogen-bond acceptors (Lipinski definition) is 4. The van der Waals surface area contributed by atoms with Gasteiger partial charge in [0.15, 0.2) is 0 Å². The number of nitrogens with two attached hydrogens (primary N) is 1. The number of anilines is 1. The van der Waals surface area contributed by atoms with Gasteiger partial charge >= 0.3 is 0 Å². The van der Waals surface area contributed by atoms with E-state index in [1.807, 2.05) is 32.9 Å². The minimum absolute atomic E-state index is 0.701. The van der Waals surface area contributed by atoms with Gasteiger partial charge in [0.05, 0.1) is 5.69 Å². The molecule has 1 rings (SSSR count). The Morgan fingerprint density at radius 2 is 2.00 bits per heavy atom. The zero-order valence-electron chi connectivity index (χ0n) is 9.25. The number of rotatable bonds is 4. The molecule has 0 aromatic carbocycles. The largest absolute Gasteiger partial charge is 0.369 e. The molecule has 1 aromatic rings. The third-order valence-electron chi connectivity index (χ3n) is 1.48. The maximum Gasteiger partial charge on any atom is 0.148 e. The molecule has 0 aliphatic rings. The molecule has 0 saturated heterocycles. The van der Waals surface area contributed by atoms with E-state index in [1.54, 1.807) is 0 Å². The van der Waals surface area contributed by atoms with Gasteiger partial charge in [0.1, 0.15) is 5.82 Å². The van der Waals surface area contributed by atoms with Crippen LogP contribution >= 0.6 is 0 Å². The van der Waals surface area contributed by atoms with Gasteiger partial charge in [-0.1, -0.05) is 13.8 Å². The van der Waals surface area contributed by atoms with Gasteiger partial charge in [-0.15, -0.1) is 5.10 Å². The molecule has 1 aromatic heterocycles. The van der Waals surface area contributed by atoms with Crippen molar-refractivity contribution in [1.82, 2.24) is 10.2 Å². The second-order valence-corrected chi connectivity index (χ2v) is 2.63. The fraction of sp³-hybridized carbons (Fsp3) is 0.600. The van der Waals surface area contributed by atoms with E-state index in [4.69, 9.17) is 5.73 Å². The Balaban J connectivity index is 0.000000791. The zero-order chi connectivity index (χ0) is 10.8. The Morgan fingerprint density at radius 3 is 2.50 bits per heavy atom. The van der Waals surface area contributed by atoms with Crippen molar-refractivity contribution in [3.8, 4) is 0 Å². The molecule has 0 aliphatic carbocycles. The van der Waals surface area contributed by atoms with Crippen LogP contribution < -0.4 is 11.1 Å². The Kier molecular flexibility index (Phi) is 7.74. The van der Waals surface area contributed by atoms with Crippen molar-refractivity contribution in [2.75, 3.05) is 18.4 Å². The van der Waals surface area contributed by atoms with Gasteiger partial charge in [-0.25, -0.2) is 0 Å². The Bertz CT molecular complexity index is 220. The van der Waals surface area contributed by atoms with Crippen molar-refractivity contribution in [3.63, 3.8) is 0 Å². The molecule has 0 amide bonds. The van der Waals surface area contributed by atoms with E-state index < -0.39 is 0 Å². The molecule has 0 radical (unpaired) electrons. The van der Waals surface area contributed by atoms with E-state index in [2.05, 4.69) is 15.5 Å². The van der Waals surface area contributed by atoms with Gasteiger partial charge in [-0.3, -0.25) is 0 Å². The number of nitrogens with zero attached hydrogens (tertiary/aromatic N) is 2. The third-order valence-corrected chi connectivity index (χ3v) is 1.48. The average Bonchev–Trinajstić information content (AvgIpc) is 2.24. The van der Waals surface area contributed by atoms with Crippen LogP contribution in [0.3, 0.4) is 0 Å². The summed E-state index contributed by atoms with van der Waals surface area (Å²) in [5, 5.41) is 11.0. The van der Waals surface area contributed by atoms with Crippen molar-refractivity contribution in [3.05, 3.63) is 17.8 Å². The Morgan fingerprint density at radius 1 is 1.29 bits per heavy atom. The summed E-state index contributed by atoms with van der Waals surface area (Å²) in [6, 6.07) is 3.84. The summed E-state index contributed by atoms with van der Waals surface area (Å²) in [5.74, 6) is 0.814. The summed E-state index contributed by atoms with van der Waals surface area (Å²) in [5.41, 5.74) is 6.27. The monoisotopic (exact) mass is 196 g/mol. The molecular formula is C10H20N4. The molecule has 0 saturated carbocycles.